The zero-order valence-corrected chi connectivity index (χ0v) is 7.40. The Labute approximate surface area is 76.4 Å². The number of nitrogens with one attached hydrogen (secondary N) is 1. The Bertz CT molecular complexity index is 275. The highest BCUT2D eigenvalue weighted by atomic mass is 16.2. The van der Waals surface area contributed by atoms with Gasteiger partial charge in [-0.25, -0.2) is 9.97 Å². The van der Waals surface area contributed by atoms with Gasteiger partial charge in [-0.2, -0.15) is 0 Å². The van der Waals surface area contributed by atoms with Crippen molar-refractivity contribution in [3.8, 4) is 0 Å². The number of aromatic nitrogens is 2. The van der Waals surface area contributed by atoms with Gasteiger partial charge in [0.15, 0.2) is 0 Å². The van der Waals surface area contributed by atoms with E-state index in [1.54, 1.807) is 12.3 Å². The van der Waals surface area contributed by atoms with Crippen LogP contribution in [0, 0.1) is 0 Å². The fraction of sp³-hybridized carbons (Fsp3) is 0.375. The van der Waals surface area contributed by atoms with Crippen LogP contribution in [0.3, 0.4) is 0 Å². The number of anilines is 1. The number of carbonyl (C=O) groups excluding carboxylic acids is 1. The molecule has 0 fully saturated rings. The van der Waals surface area contributed by atoms with Crippen LogP contribution in [0.5, 0.6) is 0 Å². The molecule has 0 aliphatic rings. The molecule has 0 saturated carbocycles. The Morgan fingerprint density at radius 2 is 2.54 bits per heavy atom. The van der Waals surface area contributed by atoms with E-state index >= 15 is 0 Å². The normalized spacial score (nSPS) is 12.2. The van der Waals surface area contributed by atoms with Gasteiger partial charge in [0, 0.05) is 6.20 Å². The van der Waals surface area contributed by atoms with E-state index in [2.05, 4.69) is 15.3 Å². The van der Waals surface area contributed by atoms with Gasteiger partial charge in [-0.3, -0.25) is 4.79 Å². The van der Waals surface area contributed by atoms with Crippen LogP contribution < -0.4 is 11.1 Å². The molecular weight excluding hydrogens is 168 g/mol. The van der Waals surface area contributed by atoms with Gasteiger partial charge in [0.1, 0.15) is 12.1 Å². The third-order valence-corrected chi connectivity index (χ3v) is 1.61. The van der Waals surface area contributed by atoms with Gasteiger partial charge < -0.3 is 11.1 Å². The van der Waals surface area contributed by atoms with Crippen LogP contribution in [0.2, 0.25) is 0 Å². The first-order chi connectivity index (χ1) is 6.24. The molecule has 13 heavy (non-hydrogen) atoms. The van der Waals surface area contributed by atoms with Gasteiger partial charge in [0.2, 0.25) is 5.91 Å². The molecule has 70 valence electrons. The first kappa shape index (κ1) is 9.60. The standard InChI is InChI=1S/C8H12N4O/c1-2-6(9)8(13)12-7-3-4-10-5-11-7/h3-6H,2,9H2,1H3,(H,10,11,12,13). The Balaban J connectivity index is 2.55. The van der Waals surface area contributed by atoms with Crippen molar-refractivity contribution in [2.45, 2.75) is 19.4 Å². The number of nitrogens with two attached hydrogens (primary N) is 1. The molecule has 1 atom stereocenters. The van der Waals surface area contributed by atoms with E-state index < -0.39 is 6.04 Å². The van der Waals surface area contributed by atoms with Gasteiger partial charge in [0.25, 0.3) is 0 Å². The maximum Gasteiger partial charge on any atom is 0.242 e. The summed E-state index contributed by atoms with van der Waals surface area (Å²) in [5, 5.41) is 2.58. The van der Waals surface area contributed by atoms with Gasteiger partial charge >= 0.3 is 0 Å². The summed E-state index contributed by atoms with van der Waals surface area (Å²) in [5.74, 6) is 0.255. The molecule has 0 radical (unpaired) electrons. The number of amides is 1. The van der Waals surface area contributed by atoms with E-state index in [0.29, 0.717) is 12.2 Å². The van der Waals surface area contributed by atoms with Crippen molar-refractivity contribution in [1.82, 2.24) is 9.97 Å². The molecule has 0 aromatic carbocycles. The highest BCUT2D eigenvalue weighted by Crippen LogP contribution is 1.99. The second-order valence-electron chi connectivity index (χ2n) is 2.60. The number of carbonyl (C=O) groups is 1. The quantitative estimate of drug-likeness (QED) is 0.694. The van der Waals surface area contributed by atoms with E-state index in [1.165, 1.54) is 6.33 Å². The maximum atomic E-state index is 11.2. The summed E-state index contributed by atoms with van der Waals surface area (Å²) in [6, 6.07) is 1.13. The third-order valence-electron chi connectivity index (χ3n) is 1.61. The van der Waals surface area contributed by atoms with Gasteiger partial charge in [-0.1, -0.05) is 6.92 Å². The van der Waals surface area contributed by atoms with Crippen molar-refractivity contribution in [2.75, 3.05) is 5.32 Å². The topological polar surface area (TPSA) is 80.9 Å². The molecule has 1 unspecified atom stereocenters. The van der Waals surface area contributed by atoms with Crippen LogP contribution in [0.4, 0.5) is 5.82 Å². The molecule has 5 nitrogen and oxygen atoms in total. The molecule has 1 amide bonds. The Morgan fingerprint density at radius 1 is 1.77 bits per heavy atom. The average molecular weight is 180 g/mol. The Morgan fingerprint density at radius 3 is 3.08 bits per heavy atom. The van der Waals surface area contributed by atoms with E-state index in [0.717, 1.165) is 0 Å². The summed E-state index contributed by atoms with van der Waals surface area (Å²) in [7, 11) is 0. The smallest absolute Gasteiger partial charge is 0.242 e. The van der Waals surface area contributed by atoms with E-state index in [4.69, 9.17) is 5.73 Å². The van der Waals surface area contributed by atoms with Crippen LogP contribution >= 0.6 is 0 Å². The summed E-state index contributed by atoms with van der Waals surface area (Å²) in [6.07, 6.45) is 3.53. The average Bonchev–Trinajstić information content (AvgIpc) is 2.18. The molecule has 0 saturated heterocycles. The van der Waals surface area contributed by atoms with Crippen LogP contribution in [0.25, 0.3) is 0 Å². The van der Waals surface area contributed by atoms with E-state index in [-0.39, 0.29) is 5.91 Å². The first-order valence-corrected chi connectivity index (χ1v) is 4.06. The van der Waals surface area contributed by atoms with Crippen molar-refractivity contribution < 1.29 is 4.79 Å². The monoisotopic (exact) mass is 180 g/mol. The number of hydrogen-bond acceptors (Lipinski definition) is 4. The Kier molecular flexibility index (Phi) is 3.33. The predicted octanol–water partition coefficient (Wildman–Crippen LogP) is 0.152. The third kappa shape index (κ3) is 2.79. The molecule has 0 bridgehead atoms. The minimum Gasteiger partial charge on any atom is -0.320 e. The summed E-state index contributed by atoms with van der Waals surface area (Å²) in [5.41, 5.74) is 5.51. The van der Waals surface area contributed by atoms with E-state index in [9.17, 15) is 4.79 Å². The van der Waals surface area contributed by atoms with Crippen LogP contribution in [0.1, 0.15) is 13.3 Å². The minimum absolute atomic E-state index is 0.221. The molecular formula is C8H12N4O. The van der Waals surface area contributed by atoms with Crippen LogP contribution in [-0.2, 0) is 4.79 Å². The molecule has 1 aromatic rings. The van der Waals surface area contributed by atoms with Gasteiger partial charge in [0.05, 0.1) is 6.04 Å². The van der Waals surface area contributed by atoms with Gasteiger partial charge in [-0.05, 0) is 12.5 Å². The minimum atomic E-state index is -0.477. The summed E-state index contributed by atoms with van der Waals surface area (Å²) in [4.78, 5) is 18.8. The summed E-state index contributed by atoms with van der Waals surface area (Å²) < 4.78 is 0. The van der Waals surface area contributed by atoms with Crippen LogP contribution in [-0.4, -0.2) is 21.9 Å². The lowest BCUT2D eigenvalue weighted by molar-refractivity contribution is -0.117. The lowest BCUT2D eigenvalue weighted by Gasteiger charge is -2.08. The lowest BCUT2D eigenvalue weighted by atomic mass is 10.2. The van der Waals surface area contributed by atoms with E-state index in [1.807, 2.05) is 6.92 Å². The molecule has 0 spiro atoms. The molecule has 0 aliphatic carbocycles. The fourth-order valence-electron chi connectivity index (χ4n) is 0.769. The summed E-state index contributed by atoms with van der Waals surface area (Å²) in [6.45, 7) is 1.85. The molecule has 1 heterocycles. The van der Waals surface area contributed by atoms with Crippen molar-refractivity contribution in [1.29, 1.82) is 0 Å². The number of hydrogen-bond donors (Lipinski definition) is 2. The molecule has 0 aliphatic heterocycles. The second kappa shape index (κ2) is 4.51. The highest BCUT2D eigenvalue weighted by Gasteiger charge is 2.10. The first-order valence-electron chi connectivity index (χ1n) is 4.06. The van der Waals surface area contributed by atoms with Crippen molar-refractivity contribution in [3.05, 3.63) is 18.6 Å². The second-order valence-corrected chi connectivity index (χ2v) is 2.60. The maximum absolute atomic E-state index is 11.2. The zero-order valence-electron chi connectivity index (χ0n) is 7.40. The van der Waals surface area contributed by atoms with Crippen molar-refractivity contribution in [2.24, 2.45) is 5.73 Å². The SMILES string of the molecule is CCC(N)C(=O)Nc1ccncn1. The number of nitrogens with zero attached hydrogens (tertiary/aromatic N) is 2. The zero-order chi connectivity index (χ0) is 9.68. The largest absolute Gasteiger partial charge is 0.320 e. The van der Waals surface area contributed by atoms with Crippen molar-refractivity contribution in [3.63, 3.8) is 0 Å². The predicted molar refractivity (Wildman–Crippen MR) is 48.9 cm³/mol. The fourth-order valence-corrected chi connectivity index (χ4v) is 0.769. The molecule has 1 rings (SSSR count). The van der Waals surface area contributed by atoms with Crippen LogP contribution in [0.15, 0.2) is 18.6 Å². The van der Waals surface area contributed by atoms with Crippen molar-refractivity contribution >= 4 is 11.7 Å². The molecule has 1 aromatic heterocycles. The number of rotatable bonds is 3. The summed E-state index contributed by atoms with van der Waals surface area (Å²) >= 11 is 0. The lowest BCUT2D eigenvalue weighted by Crippen LogP contribution is -2.35. The molecule has 3 N–H and O–H groups in total. The molecule has 5 heteroatoms. The Hall–Kier alpha value is -1.49. The highest BCUT2D eigenvalue weighted by molar-refractivity contribution is 5.93. The van der Waals surface area contributed by atoms with Gasteiger partial charge in [-0.15, -0.1) is 0 Å².